The van der Waals surface area contributed by atoms with Crippen LogP contribution in [0.1, 0.15) is 0 Å². The Kier molecular flexibility index (Phi) is 4.89. The lowest BCUT2D eigenvalue weighted by molar-refractivity contribution is 0.269. The molecule has 0 bridgehead atoms. The highest BCUT2D eigenvalue weighted by atomic mass is 19.1. The van der Waals surface area contributed by atoms with Gasteiger partial charge in [-0.2, -0.15) is 5.10 Å². The zero-order valence-electron chi connectivity index (χ0n) is 16.4. The fourth-order valence-electron chi connectivity index (χ4n) is 3.46. The lowest BCUT2D eigenvalue weighted by Crippen LogP contribution is -2.01. The van der Waals surface area contributed by atoms with Crippen molar-refractivity contribution < 1.29 is 9.50 Å². The molecule has 0 saturated heterocycles. The topological polar surface area (TPSA) is 89.6 Å². The van der Waals surface area contributed by atoms with Crippen molar-refractivity contribution in [2.75, 3.05) is 6.61 Å². The molecule has 0 unspecified atom stereocenters. The lowest BCUT2D eigenvalue weighted by Gasteiger charge is -2.10. The van der Waals surface area contributed by atoms with Gasteiger partial charge in [0.05, 0.1) is 25.0 Å². The molecule has 8 heteroatoms. The van der Waals surface area contributed by atoms with Gasteiger partial charge in [0.15, 0.2) is 5.65 Å². The fraction of sp³-hybridized carbons (Fsp3) is 0.0870. The van der Waals surface area contributed by atoms with Crippen LogP contribution in [0.2, 0.25) is 0 Å². The maximum atomic E-state index is 14.4. The molecule has 1 N–H and O–H groups in total. The van der Waals surface area contributed by atoms with E-state index in [1.165, 1.54) is 6.07 Å². The summed E-state index contributed by atoms with van der Waals surface area (Å²) in [5.74, 6) is -0.354. The summed E-state index contributed by atoms with van der Waals surface area (Å²) < 4.78 is 16.1. The number of fused-ring (bicyclic) bond motifs is 1. The van der Waals surface area contributed by atoms with Crippen molar-refractivity contribution in [3.05, 3.63) is 79.4 Å². The molecule has 0 fully saturated rings. The first kappa shape index (κ1) is 19.0. The summed E-state index contributed by atoms with van der Waals surface area (Å²) in [5, 5.41) is 13.4. The number of halogens is 1. The van der Waals surface area contributed by atoms with Gasteiger partial charge in [-0.3, -0.25) is 14.6 Å². The standard InChI is InChI=1S/C23H17FN6O/c24-20-4-2-1-3-18(20)21-10-19(22-23(29-21)27-6-5-26-22)16-9-15(11-25-12-16)17-13-28-30(14-17)7-8-31/h1-6,9-14,31H,7-8H2. The van der Waals surface area contributed by atoms with Gasteiger partial charge >= 0.3 is 0 Å². The molecule has 152 valence electrons. The van der Waals surface area contributed by atoms with E-state index in [-0.39, 0.29) is 12.4 Å². The zero-order chi connectivity index (χ0) is 21.2. The zero-order valence-corrected chi connectivity index (χ0v) is 16.4. The van der Waals surface area contributed by atoms with Crippen LogP contribution in [0.4, 0.5) is 4.39 Å². The van der Waals surface area contributed by atoms with Crippen molar-refractivity contribution in [3.8, 4) is 33.5 Å². The minimum Gasteiger partial charge on any atom is -0.394 e. The molecule has 5 rings (SSSR count). The molecule has 0 radical (unpaired) electrons. The highest BCUT2D eigenvalue weighted by Crippen LogP contribution is 2.32. The number of rotatable bonds is 5. The van der Waals surface area contributed by atoms with Gasteiger partial charge in [0.25, 0.3) is 0 Å². The van der Waals surface area contributed by atoms with Crippen LogP contribution >= 0.6 is 0 Å². The molecule has 4 aromatic heterocycles. The first-order chi connectivity index (χ1) is 15.2. The Morgan fingerprint density at radius 2 is 1.74 bits per heavy atom. The molecule has 5 aromatic rings. The summed E-state index contributed by atoms with van der Waals surface area (Å²) >= 11 is 0. The predicted molar refractivity (Wildman–Crippen MR) is 114 cm³/mol. The Hall–Kier alpha value is -4.04. The second kappa shape index (κ2) is 8.00. The van der Waals surface area contributed by atoms with Gasteiger partial charge in [-0.1, -0.05) is 12.1 Å². The predicted octanol–water partition coefficient (Wildman–Crippen LogP) is 3.75. The summed E-state index contributed by atoms with van der Waals surface area (Å²) in [5.41, 5.74) is 5.21. The smallest absolute Gasteiger partial charge is 0.179 e. The van der Waals surface area contributed by atoms with Crippen LogP contribution in [0.3, 0.4) is 0 Å². The summed E-state index contributed by atoms with van der Waals surface area (Å²) in [6.45, 7) is 0.434. The Bertz CT molecular complexity index is 1380. The highest BCUT2D eigenvalue weighted by molar-refractivity contribution is 5.92. The summed E-state index contributed by atoms with van der Waals surface area (Å²) in [4.78, 5) is 17.7. The van der Waals surface area contributed by atoms with Gasteiger partial charge in [0, 0.05) is 58.8 Å². The maximum absolute atomic E-state index is 14.4. The maximum Gasteiger partial charge on any atom is 0.179 e. The minimum atomic E-state index is -0.354. The Balaban J connectivity index is 1.67. The second-order valence-corrected chi connectivity index (χ2v) is 6.94. The first-order valence-corrected chi connectivity index (χ1v) is 9.69. The van der Waals surface area contributed by atoms with Gasteiger partial charge in [-0.05, 0) is 24.3 Å². The van der Waals surface area contributed by atoms with Crippen molar-refractivity contribution in [3.63, 3.8) is 0 Å². The van der Waals surface area contributed by atoms with Crippen LogP contribution in [0.5, 0.6) is 0 Å². The van der Waals surface area contributed by atoms with Crippen molar-refractivity contribution >= 4 is 11.2 Å². The van der Waals surface area contributed by atoms with E-state index in [1.807, 2.05) is 18.3 Å². The van der Waals surface area contributed by atoms with E-state index >= 15 is 0 Å². The average Bonchev–Trinajstić information content (AvgIpc) is 3.28. The van der Waals surface area contributed by atoms with Crippen molar-refractivity contribution in [1.29, 1.82) is 0 Å². The third kappa shape index (κ3) is 3.64. The SMILES string of the molecule is OCCn1cc(-c2cncc(-c3cc(-c4ccccc4F)nc4nccnc34)c2)cn1. The van der Waals surface area contributed by atoms with Crippen molar-refractivity contribution in [1.82, 2.24) is 29.7 Å². The summed E-state index contributed by atoms with van der Waals surface area (Å²) in [6, 6.07) is 10.3. The molecule has 0 atom stereocenters. The monoisotopic (exact) mass is 412 g/mol. The number of aromatic nitrogens is 6. The average molecular weight is 412 g/mol. The molecule has 7 nitrogen and oxygen atoms in total. The molecular formula is C23H17FN6O. The van der Waals surface area contributed by atoms with E-state index in [0.717, 1.165) is 22.3 Å². The van der Waals surface area contributed by atoms with E-state index in [4.69, 9.17) is 5.11 Å². The van der Waals surface area contributed by atoms with Gasteiger partial charge in [0.1, 0.15) is 11.3 Å². The lowest BCUT2D eigenvalue weighted by atomic mass is 10.0. The third-order valence-electron chi connectivity index (χ3n) is 4.94. The molecule has 0 saturated carbocycles. The number of hydrogen-bond acceptors (Lipinski definition) is 6. The van der Waals surface area contributed by atoms with E-state index in [0.29, 0.717) is 29.0 Å². The number of hydrogen-bond donors (Lipinski definition) is 1. The van der Waals surface area contributed by atoms with Crippen molar-refractivity contribution in [2.24, 2.45) is 0 Å². The van der Waals surface area contributed by atoms with Crippen molar-refractivity contribution in [2.45, 2.75) is 6.54 Å². The van der Waals surface area contributed by atoms with Crippen LogP contribution < -0.4 is 0 Å². The summed E-state index contributed by atoms with van der Waals surface area (Å²) in [7, 11) is 0. The van der Waals surface area contributed by atoms with Gasteiger partial charge in [-0.25, -0.2) is 14.4 Å². The van der Waals surface area contributed by atoms with Crippen LogP contribution in [0.15, 0.2) is 73.6 Å². The quantitative estimate of drug-likeness (QED) is 0.473. The molecular weight excluding hydrogens is 395 g/mol. The van der Waals surface area contributed by atoms with Crippen LogP contribution in [-0.2, 0) is 6.54 Å². The largest absolute Gasteiger partial charge is 0.394 e. The van der Waals surface area contributed by atoms with E-state index in [1.54, 1.807) is 53.9 Å². The molecule has 1 aromatic carbocycles. The Labute approximate surface area is 176 Å². The number of aliphatic hydroxyl groups is 1. The number of nitrogens with zero attached hydrogens (tertiary/aromatic N) is 6. The van der Waals surface area contributed by atoms with E-state index in [9.17, 15) is 4.39 Å². The molecule has 0 aliphatic carbocycles. The van der Waals surface area contributed by atoms with Gasteiger partial charge < -0.3 is 5.11 Å². The second-order valence-electron chi connectivity index (χ2n) is 6.94. The number of aliphatic hydroxyl groups excluding tert-OH is 1. The van der Waals surface area contributed by atoms with E-state index < -0.39 is 0 Å². The highest BCUT2D eigenvalue weighted by Gasteiger charge is 2.15. The normalized spacial score (nSPS) is 11.2. The third-order valence-corrected chi connectivity index (χ3v) is 4.94. The molecule has 0 aliphatic heterocycles. The first-order valence-electron chi connectivity index (χ1n) is 9.69. The summed E-state index contributed by atoms with van der Waals surface area (Å²) in [6.07, 6.45) is 10.2. The molecule has 0 spiro atoms. The molecule has 4 heterocycles. The Morgan fingerprint density at radius 1 is 0.903 bits per heavy atom. The van der Waals surface area contributed by atoms with Gasteiger partial charge in [0.2, 0.25) is 0 Å². The van der Waals surface area contributed by atoms with Gasteiger partial charge in [-0.15, -0.1) is 0 Å². The molecule has 0 aliphatic rings. The fourth-order valence-corrected chi connectivity index (χ4v) is 3.46. The molecule has 0 amide bonds. The number of pyridine rings is 2. The molecule has 31 heavy (non-hydrogen) atoms. The van der Waals surface area contributed by atoms with Crippen LogP contribution in [0.25, 0.3) is 44.7 Å². The van der Waals surface area contributed by atoms with Crippen LogP contribution in [-0.4, -0.2) is 41.4 Å². The van der Waals surface area contributed by atoms with E-state index in [2.05, 4.69) is 25.0 Å². The minimum absolute atomic E-state index is 0.0138. The number of benzene rings is 1. The Morgan fingerprint density at radius 3 is 2.61 bits per heavy atom. The van der Waals surface area contributed by atoms with Crippen LogP contribution in [0, 0.1) is 5.82 Å².